The summed E-state index contributed by atoms with van der Waals surface area (Å²) in [5, 5.41) is 0. The third kappa shape index (κ3) is 5.00. The number of hydrogen-bond donors (Lipinski definition) is 0. The van der Waals surface area contributed by atoms with E-state index in [1.54, 1.807) is 6.08 Å². The third-order valence-corrected chi connectivity index (χ3v) is 3.87. The van der Waals surface area contributed by atoms with Crippen molar-refractivity contribution in [2.75, 3.05) is 0 Å². The van der Waals surface area contributed by atoms with E-state index < -0.39 is 0 Å². The highest BCUT2D eigenvalue weighted by molar-refractivity contribution is 6.07. The molecule has 2 rings (SSSR count). The lowest BCUT2D eigenvalue weighted by Gasteiger charge is -2.06. The van der Waals surface area contributed by atoms with Crippen LogP contribution in [0.15, 0.2) is 78.4 Å². The van der Waals surface area contributed by atoms with Crippen molar-refractivity contribution in [2.24, 2.45) is 5.92 Å². The number of carbonyl (C=O) groups excluding carboxylic acids is 1. The first-order valence-electron chi connectivity index (χ1n) is 8.05. The van der Waals surface area contributed by atoms with Crippen LogP contribution in [0.5, 0.6) is 0 Å². The second kappa shape index (κ2) is 8.99. The Bertz CT molecular complexity index is 588. The van der Waals surface area contributed by atoms with Gasteiger partial charge in [-0.3, -0.25) is 4.79 Å². The standard InChI is InChI=1S/C21H24O/c1-2-3-15-20-19(16-17-21(20)22)14-10-5-4-7-11-18-12-8-6-9-13-18/h2-3,5-6,8-10,12-13,15-17,19H,4,7,11,14H2,1H3/b3-2+,10-5-,20-15+/t19-/m0/s1. The Morgan fingerprint density at radius 2 is 1.95 bits per heavy atom. The first-order chi connectivity index (χ1) is 10.8. The highest BCUT2D eigenvalue weighted by Crippen LogP contribution is 2.25. The van der Waals surface area contributed by atoms with Crippen LogP contribution in [0, 0.1) is 5.92 Å². The van der Waals surface area contributed by atoms with Crippen molar-refractivity contribution in [3.05, 3.63) is 84.0 Å². The van der Waals surface area contributed by atoms with Crippen LogP contribution in [-0.2, 0) is 11.2 Å². The molecule has 0 fully saturated rings. The summed E-state index contributed by atoms with van der Waals surface area (Å²) >= 11 is 0. The van der Waals surface area contributed by atoms with Gasteiger partial charge in [-0.2, -0.15) is 0 Å². The topological polar surface area (TPSA) is 17.1 Å². The predicted octanol–water partition coefficient (Wildman–Crippen LogP) is 5.21. The highest BCUT2D eigenvalue weighted by atomic mass is 16.1. The molecule has 0 aromatic heterocycles. The molecule has 0 saturated heterocycles. The van der Waals surface area contributed by atoms with Gasteiger partial charge < -0.3 is 0 Å². The summed E-state index contributed by atoms with van der Waals surface area (Å²) in [5.74, 6) is 0.398. The molecule has 22 heavy (non-hydrogen) atoms. The van der Waals surface area contributed by atoms with Crippen LogP contribution in [-0.4, -0.2) is 5.78 Å². The van der Waals surface area contributed by atoms with Gasteiger partial charge in [-0.25, -0.2) is 0 Å². The van der Waals surface area contributed by atoms with E-state index in [-0.39, 0.29) is 11.7 Å². The molecule has 1 heteroatoms. The second-order valence-electron chi connectivity index (χ2n) is 5.56. The van der Waals surface area contributed by atoms with Gasteiger partial charge in [0.05, 0.1) is 0 Å². The van der Waals surface area contributed by atoms with Crippen molar-refractivity contribution in [3.63, 3.8) is 0 Å². The van der Waals surface area contributed by atoms with E-state index in [4.69, 9.17) is 0 Å². The number of benzene rings is 1. The van der Waals surface area contributed by atoms with Crippen LogP contribution in [0.2, 0.25) is 0 Å². The zero-order chi connectivity index (χ0) is 15.6. The minimum Gasteiger partial charge on any atom is -0.290 e. The number of unbranched alkanes of at least 4 members (excludes halogenated alkanes) is 1. The van der Waals surface area contributed by atoms with Crippen LogP contribution < -0.4 is 0 Å². The van der Waals surface area contributed by atoms with Gasteiger partial charge in [0.1, 0.15) is 0 Å². The first kappa shape index (κ1) is 16.2. The molecule has 1 aromatic carbocycles. The average molecular weight is 292 g/mol. The molecule has 0 aliphatic heterocycles. The van der Waals surface area contributed by atoms with Gasteiger partial charge >= 0.3 is 0 Å². The molecular weight excluding hydrogens is 268 g/mol. The zero-order valence-corrected chi connectivity index (χ0v) is 13.2. The van der Waals surface area contributed by atoms with Crippen molar-refractivity contribution in [1.82, 2.24) is 0 Å². The van der Waals surface area contributed by atoms with E-state index in [2.05, 4.69) is 42.5 Å². The molecule has 1 nitrogen and oxygen atoms in total. The van der Waals surface area contributed by atoms with Crippen molar-refractivity contribution in [2.45, 2.75) is 32.6 Å². The molecular formula is C21H24O. The predicted molar refractivity (Wildman–Crippen MR) is 93.7 cm³/mol. The van der Waals surface area contributed by atoms with Gasteiger partial charge in [0.25, 0.3) is 0 Å². The minimum absolute atomic E-state index is 0.153. The van der Waals surface area contributed by atoms with E-state index in [0.29, 0.717) is 0 Å². The molecule has 0 amide bonds. The lowest BCUT2D eigenvalue weighted by atomic mass is 9.97. The van der Waals surface area contributed by atoms with E-state index in [9.17, 15) is 4.79 Å². The summed E-state index contributed by atoms with van der Waals surface area (Å²) < 4.78 is 0. The van der Waals surface area contributed by atoms with Gasteiger partial charge in [-0.05, 0) is 44.2 Å². The Morgan fingerprint density at radius 3 is 2.73 bits per heavy atom. The van der Waals surface area contributed by atoms with E-state index in [0.717, 1.165) is 24.8 Å². The Hall–Kier alpha value is -2.15. The fourth-order valence-electron chi connectivity index (χ4n) is 2.63. The summed E-state index contributed by atoms with van der Waals surface area (Å²) in [5.41, 5.74) is 2.31. The van der Waals surface area contributed by atoms with E-state index in [1.807, 2.05) is 31.2 Å². The first-order valence-corrected chi connectivity index (χ1v) is 8.05. The highest BCUT2D eigenvalue weighted by Gasteiger charge is 2.20. The summed E-state index contributed by atoms with van der Waals surface area (Å²) in [7, 11) is 0. The number of hydrogen-bond acceptors (Lipinski definition) is 1. The Morgan fingerprint density at radius 1 is 1.14 bits per heavy atom. The van der Waals surface area contributed by atoms with E-state index in [1.165, 1.54) is 12.0 Å². The number of allylic oxidation sites excluding steroid dienone is 8. The SMILES string of the molecule is C/C=C/C=C1/C(=O)C=C[C@@H]1C/C=C\CCCc1ccccc1. The molecule has 0 saturated carbocycles. The zero-order valence-electron chi connectivity index (χ0n) is 13.2. The van der Waals surface area contributed by atoms with Crippen LogP contribution in [0.1, 0.15) is 31.7 Å². The van der Waals surface area contributed by atoms with Gasteiger partial charge in [-0.1, -0.05) is 66.8 Å². The van der Waals surface area contributed by atoms with E-state index >= 15 is 0 Å². The normalized spacial score (nSPS) is 20.0. The van der Waals surface area contributed by atoms with Gasteiger partial charge in [0.2, 0.25) is 0 Å². The smallest absolute Gasteiger partial charge is 0.182 e. The van der Waals surface area contributed by atoms with Crippen LogP contribution in [0.25, 0.3) is 0 Å². The molecule has 0 N–H and O–H groups in total. The third-order valence-electron chi connectivity index (χ3n) is 3.87. The average Bonchev–Trinajstić information content (AvgIpc) is 2.90. The lowest BCUT2D eigenvalue weighted by molar-refractivity contribution is -0.111. The Kier molecular flexibility index (Phi) is 6.63. The fourth-order valence-corrected chi connectivity index (χ4v) is 2.63. The van der Waals surface area contributed by atoms with Gasteiger partial charge in [0.15, 0.2) is 5.78 Å². The number of ketones is 1. The second-order valence-corrected chi connectivity index (χ2v) is 5.56. The van der Waals surface area contributed by atoms with Crippen LogP contribution in [0.3, 0.4) is 0 Å². The molecule has 0 bridgehead atoms. The molecule has 1 atom stereocenters. The molecule has 0 unspecified atom stereocenters. The van der Waals surface area contributed by atoms with Crippen LogP contribution >= 0.6 is 0 Å². The minimum atomic E-state index is 0.153. The van der Waals surface area contributed by atoms with Crippen molar-refractivity contribution in [1.29, 1.82) is 0 Å². The molecule has 114 valence electrons. The molecule has 1 aliphatic carbocycles. The Balaban J connectivity index is 1.73. The fraction of sp³-hybridized carbons (Fsp3) is 0.286. The summed E-state index contributed by atoms with van der Waals surface area (Å²) in [6, 6.07) is 10.6. The monoisotopic (exact) mass is 292 g/mol. The van der Waals surface area contributed by atoms with Crippen LogP contribution in [0.4, 0.5) is 0 Å². The molecule has 1 aliphatic rings. The van der Waals surface area contributed by atoms with Gasteiger partial charge in [0, 0.05) is 11.5 Å². The van der Waals surface area contributed by atoms with Crippen molar-refractivity contribution in [3.8, 4) is 0 Å². The lowest BCUT2D eigenvalue weighted by Crippen LogP contribution is -2.01. The maximum absolute atomic E-state index is 11.8. The number of aryl methyl sites for hydroxylation is 1. The summed E-state index contributed by atoms with van der Waals surface area (Å²) in [6.07, 6.45) is 18.3. The summed E-state index contributed by atoms with van der Waals surface area (Å²) in [6.45, 7) is 1.96. The number of carbonyl (C=O) groups is 1. The quantitative estimate of drug-likeness (QED) is 0.383. The summed E-state index contributed by atoms with van der Waals surface area (Å²) in [4.78, 5) is 11.8. The molecule has 0 radical (unpaired) electrons. The maximum atomic E-state index is 11.8. The largest absolute Gasteiger partial charge is 0.290 e. The Labute approximate surface area is 133 Å². The van der Waals surface area contributed by atoms with Gasteiger partial charge in [-0.15, -0.1) is 0 Å². The molecule has 0 spiro atoms. The van der Waals surface area contributed by atoms with Crippen molar-refractivity contribution >= 4 is 5.78 Å². The molecule has 1 aromatic rings. The van der Waals surface area contributed by atoms with Crippen molar-refractivity contribution < 1.29 is 4.79 Å². The number of rotatable bonds is 7. The maximum Gasteiger partial charge on any atom is 0.182 e. The molecule has 0 heterocycles.